The number of aliphatic hydroxyl groups is 1. The number of benzene rings is 1. The smallest absolute Gasteiger partial charge is 0.294 e. The fraction of sp³-hybridized carbons (Fsp3) is 0.368. The van der Waals surface area contributed by atoms with Gasteiger partial charge in [0.25, 0.3) is 15.7 Å². The van der Waals surface area contributed by atoms with Gasteiger partial charge in [-0.2, -0.15) is 5.26 Å². The maximum absolute atomic E-state index is 13.2. The summed E-state index contributed by atoms with van der Waals surface area (Å²) in [6, 6.07) is 6.61. The Labute approximate surface area is 180 Å². The van der Waals surface area contributed by atoms with Crippen LogP contribution in [0.4, 0.5) is 0 Å². The molecule has 0 amide bonds. The molecule has 1 aromatic heterocycles. The van der Waals surface area contributed by atoms with E-state index in [1.165, 1.54) is 30.5 Å². The predicted octanol–water partition coefficient (Wildman–Crippen LogP) is 1.26. The van der Waals surface area contributed by atoms with Crippen LogP contribution in [0.2, 0.25) is 0 Å². The largest absolute Gasteiger partial charge is 0.485 e. The molecule has 1 aromatic carbocycles. The number of rotatable bonds is 7. The van der Waals surface area contributed by atoms with E-state index in [1.807, 2.05) is 6.07 Å². The third-order valence-electron chi connectivity index (χ3n) is 4.98. The first-order valence-electron chi connectivity index (χ1n) is 9.23. The van der Waals surface area contributed by atoms with Gasteiger partial charge in [0, 0.05) is 17.3 Å². The van der Waals surface area contributed by atoms with Gasteiger partial charge in [0.1, 0.15) is 30.7 Å². The van der Waals surface area contributed by atoms with Crippen LogP contribution in [0, 0.1) is 31.6 Å². The van der Waals surface area contributed by atoms with Crippen LogP contribution in [-0.2, 0) is 22.9 Å². The highest BCUT2D eigenvalue weighted by molar-refractivity contribution is 5.47. The number of hydrogen-bond acceptors (Lipinski definition) is 10. The minimum Gasteiger partial charge on any atom is -0.485 e. The van der Waals surface area contributed by atoms with Gasteiger partial charge in [0.15, 0.2) is 0 Å². The number of aromatic nitrogens is 1. The molecule has 1 aliphatic rings. The molecule has 13 heteroatoms. The molecule has 168 valence electrons. The minimum atomic E-state index is -1.29. The van der Waals surface area contributed by atoms with Gasteiger partial charge < -0.3 is 24.1 Å². The summed E-state index contributed by atoms with van der Waals surface area (Å²) in [6.07, 6.45) is -0.0443. The molecular weight excluding hydrogens is 428 g/mol. The van der Waals surface area contributed by atoms with Crippen molar-refractivity contribution in [2.75, 3.05) is 0 Å². The average Bonchev–Trinajstić information content (AvgIpc) is 2.72. The zero-order chi connectivity index (χ0) is 23.6. The lowest BCUT2D eigenvalue weighted by atomic mass is 9.85. The number of pyridine rings is 1. The summed E-state index contributed by atoms with van der Waals surface area (Å²) >= 11 is 0. The average molecular weight is 446 g/mol. The highest BCUT2D eigenvalue weighted by Crippen LogP contribution is 2.41. The van der Waals surface area contributed by atoms with E-state index >= 15 is 0 Å². The van der Waals surface area contributed by atoms with Gasteiger partial charge >= 0.3 is 0 Å². The second kappa shape index (κ2) is 8.52. The molecular formula is C19H18N4O9. The monoisotopic (exact) mass is 446 g/mol. The van der Waals surface area contributed by atoms with Crippen molar-refractivity contribution in [1.29, 1.82) is 5.26 Å². The van der Waals surface area contributed by atoms with E-state index < -0.39 is 46.7 Å². The van der Waals surface area contributed by atoms with Gasteiger partial charge in [-0.25, -0.2) is 0 Å². The van der Waals surface area contributed by atoms with Crippen molar-refractivity contribution in [3.05, 3.63) is 83.3 Å². The van der Waals surface area contributed by atoms with Gasteiger partial charge in [-0.1, -0.05) is 0 Å². The Kier molecular flexibility index (Phi) is 5.99. The molecule has 0 saturated heterocycles. The SMILES string of the molecule is CC1(C)Oc2ccc(C#N)cc2C(n2cc(CO[N+](=O)[O-])cc(CO[N+](=O)[O-])c2=O)C1O. The summed E-state index contributed by atoms with van der Waals surface area (Å²) in [4.78, 5) is 43.1. The van der Waals surface area contributed by atoms with Crippen LogP contribution in [0.3, 0.4) is 0 Å². The number of nitriles is 1. The van der Waals surface area contributed by atoms with Crippen LogP contribution in [-0.4, -0.2) is 31.6 Å². The summed E-state index contributed by atoms with van der Waals surface area (Å²) in [7, 11) is 0. The molecule has 32 heavy (non-hydrogen) atoms. The summed E-state index contributed by atoms with van der Waals surface area (Å²) in [6.45, 7) is 1.94. The molecule has 2 unspecified atom stereocenters. The zero-order valence-corrected chi connectivity index (χ0v) is 17.0. The first-order valence-corrected chi connectivity index (χ1v) is 9.23. The fourth-order valence-corrected chi connectivity index (χ4v) is 3.50. The van der Waals surface area contributed by atoms with Crippen LogP contribution in [0.15, 0.2) is 35.3 Å². The van der Waals surface area contributed by atoms with E-state index in [1.54, 1.807) is 13.8 Å². The molecule has 13 nitrogen and oxygen atoms in total. The van der Waals surface area contributed by atoms with E-state index in [2.05, 4.69) is 9.68 Å². The number of fused-ring (bicyclic) bond motifs is 1. The van der Waals surface area contributed by atoms with Crippen LogP contribution in [0.1, 0.15) is 42.1 Å². The standard InChI is InChI=1S/C19H18N4O9/c1-19(2)17(24)16(14-6-11(7-20)3-4-15(14)32-19)21-8-12(9-30-22(26)27)5-13(18(21)25)10-31-23(28)29/h3-6,8,16-17,24H,9-10H2,1-2H3. The van der Waals surface area contributed by atoms with Crippen LogP contribution >= 0.6 is 0 Å². The molecule has 0 fully saturated rings. The van der Waals surface area contributed by atoms with Gasteiger partial charge in [0.05, 0.1) is 17.7 Å². The molecule has 1 N–H and O–H groups in total. The van der Waals surface area contributed by atoms with E-state index in [-0.39, 0.29) is 16.7 Å². The van der Waals surface area contributed by atoms with Gasteiger partial charge in [0.2, 0.25) is 0 Å². The number of nitrogens with zero attached hydrogens (tertiary/aromatic N) is 4. The van der Waals surface area contributed by atoms with Gasteiger partial charge in [-0.05, 0) is 43.7 Å². The Morgan fingerprint density at radius 2 is 1.88 bits per heavy atom. The van der Waals surface area contributed by atoms with Crippen molar-refractivity contribution < 1.29 is 29.7 Å². The normalized spacial score (nSPS) is 18.6. The fourth-order valence-electron chi connectivity index (χ4n) is 3.50. The second-order valence-electron chi connectivity index (χ2n) is 7.54. The summed E-state index contributed by atoms with van der Waals surface area (Å²) < 4.78 is 6.93. The van der Waals surface area contributed by atoms with Crippen molar-refractivity contribution in [2.45, 2.75) is 44.8 Å². The van der Waals surface area contributed by atoms with Crippen LogP contribution in [0.5, 0.6) is 5.75 Å². The van der Waals surface area contributed by atoms with Crippen LogP contribution in [0.25, 0.3) is 0 Å². The van der Waals surface area contributed by atoms with Crippen molar-refractivity contribution >= 4 is 0 Å². The molecule has 1 aliphatic heterocycles. The molecule has 0 aliphatic carbocycles. The van der Waals surface area contributed by atoms with Crippen molar-refractivity contribution in [3.63, 3.8) is 0 Å². The second-order valence-corrected chi connectivity index (χ2v) is 7.54. The molecule has 0 spiro atoms. The Hall–Kier alpha value is -4.18. The molecule has 3 rings (SSSR count). The first-order chi connectivity index (χ1) is 15.0. The number of aliphatic hydroxyl groups excluding tert-OH is 1. The lowest BCUT2D eigenvalue weighted by molar-refractivity contribution is -0.763. The quantitative estimate of drug-likeness (QED) is 0.480. The molecule has 0 bridgehead atoms. The molecule has 0 saturated carbocycles. The third-order valence-corrected chi connectivity index (χ3v) is 4.98. The summed E-state index contributed by atoms with van der Waals surface area (Å²) in [5, 5.41) is 39.4. The minimum absolute atomic E-state index is 0.137. The highest BCUT2D eigenvalue weighted by Gasteiger charge is 2.44. The van der Waals surface area contributed by atoms with Crippen molar-refractivity contribution in [3.8, 4) is 11.8 Å². The zero-order valence-electron chi connectivity index (χ0n) is 17.0. The Bertz CT molecular complexity index is 1170. The van der Waals surface area contributed by atoms with E-state index in [4.69, 9.17) is 4.74 Å². The van der Waals surface area contributed by atoms with Gasteiger partial charge in [-0.15, -0.1) is 20.2 Å². The summed E-state index contributed by atoms with van der Waals surface area (Å²) in [5.74, 6) is 0.325. The van der Waals surface area contributed by atoms with Crippen LogP contribution < -0.4 is 10.3 Å². The topological polar surface area (TPSA) is 180 Å². The molecule has 0 radical (unpaired) electrons. The van der Waals surface area contributed by atoms with E-state index in [0.717, 1.165) is 4.57 Å². The molecule has 2 aromatic rings. The van der Waals surface area contributed by atoms with Crippen molar-refractivity contribution in [2.24, 2.45) is 0 Å². The summed E-state index contributed by atoms with van der Waals surface area (Å²) in [5.41, 5.74) is -1.35. The Balaban J connectivity index is 2.21. The Morgan fingerprint density at radius 3 is 2.50 bits per heavy atom. The van der Waals surface area contributed by atoms with E-state index in [9.17, 15) is 35.4 Å². The maximum Gasteiger partial charge on any atom is 0.294 e. The van der Waals surface area contributed by atoms with Crippen molar-refractivity contribution in [1.82, 2.24) is 4.57 Å². The highest BCUT2D eigenvalue weighted by atomic mass is 17.0. The molecule has 2 heterocycles. The van der Waals surface area contributed by atoms with E-state index in [0.29, 0.717) is 11.3 Å². The third kappa shape index (κ3) is 4.44. The first kappa shape index (κ1) is 22.5. The number of hydrogen-bond donors (Lipinski definition) is 1. The molecule has 2 atom stereocenters. The number of ether oxygens (including phenoxy) is 1. The predicted molar refractivity (Wildman–Crippen MR) is 104 cm³/mol. The van der Waals surface area contributed by atoms with Gasteiger partial charge in [-0.3, -0.25) is 4.79 Å². The lowest BCUT2D eigenvalue weighted by Crippen LogP contribution is -2.52. The maximum atomic E-state index is 13.2. The Morgan fingerprint density at radius 1 is 1.22 bits per heavy atom. The lowest BCUT2D eigenvalue weighted by Gasteiger charge is -2.42.